The van der Waals surface area contributed by atoms with Crippen molar-refractivity contribution in [2.24, 2.45) is 5.92 Å². The van der Waals surface area contributed by atoms with Crippen LogP contribution >= 0.6 is 34.2 Å². The maximum absolute atomic E-state index is 13.0. The van der Waals surface area contributed by atoms with Crippen LogP contribution in [0.25, 0.3) is 0 Å². The Labute approximate surface area is 233 Å². The van der Waals surface area contributed by atoms with Crippen LogP contribution in [0, 0.1) is 5.92 Å². The molecular weight excluding hydrogens is 599 g/mol. The molecule has 4 N–H and O–H groups in total. The van der Waals surface area contributed by atoms with Crippen molar-refractivity contribution in [1.29, 1.82) is 0 Å². The van der Waals surface area contributed by atoms with Gasteiger partial charge in [-0.2, -0.15) is 0 Å². The van der Waals surface area contributed by atoms with Crippen molar-refractivity contribution in [1.82, 2.24) is 20.9 Å². The molecule has 1 fully saturated rings. The van der Waals surface area contributed by atoms with Crippen molar-refractivity contribution in [3.8, 4) is 0 Å². The third-order valence-electron chi connectivity index (χ3n) is 6.33. The predicted octanol–water partition coefficient (Wildman–Crippen LogP) is 3.73. The lowest BCUT2D eigenvalue weighted by molar-refractivity contribution is -0.00849. The van der Waals surface area contributed by atoms with Gasteiger partial charge in [0.15, 0.2) is 0 Å². The van der Waals surface area contributed by atoms with Crippen molar-refractivity contribution < 1.29 is 24.2 Å². The van der Waals surface area contributed by atoms with E-state index in [1.54, 1.807) is 0 Å². The summed E-state index contributed by atoms with van der Waals surface area (Å²) in [4.78, 5) is 26.3. The highest BCUT2D eigenvalue weighted by molar-refractivity contribution is 14.1. The van der Waals surface area contributed by atoms with Crippen LogP contribution in [0.15, 0.2) is 24.3 Å². The summed E-state index contributed by atoms with van der Waals surface area (Å²) in [5.41, 5.74) is 0.957. The number of nitrogens with one attached hydrogen (secondary N) is 3. The molecule has 11 heteroatoms. The smallest absolute Gasteiger partial charge is 0.406 e. The minimum Gasteiger partial charge on any atom is -0.453 e. The Hall–Kier alpha value is -1.34. The summed E-state index contributed by atoms with van der Waals surface area (Å²) < 4.78 is 11.3. The SMILES string of the molecule is CN[C@H](CNC(=O)N1CCC[C@@H]([C@@H](OCCNC(=O)OC)c2cccc(Cl)c2)C1)C[C@H](I)CCCO. The standard InChI is InChI=1S/C25H40ClIN4O5/c1-28-22(15-21(27)9-5-12-32)16-30-24(33)31-11-4-7-19(17-31)23(18-6-3-8-20(26)14-18)36-13-10-29-25(34)35-2/h3,6,8,14,19,21-23,28,32H,4-5,7,9-13,15-17H2,1-2H3,(H,29,34)(H,30,33)/t19-,21-,22+,23+/m1/s1. The number of aliphatic hydroxyl groups is 1. The van der Waals surface area contributed by atoms with E-state index in [0.717, 1.165) is 37.7 Å². The van der Waals surface area contributed by atoms with E-state index in [1.165, 1.54) is 7.11 Å². The number of amides is 3. The molecule has 0 spiro atoms. The van der Waals surface area contributed by atoms with Gasteiger partial charge in [0, 0.05) is 53.7 Å². The zero-order chi connectivity index (χ0) is 26.3. The number of halogens is 2. The number of rotatable bonds is 14. The number of methoxy groups -OCH3 is 1. The van der Waals surface area contributed by atoms with Crippen molar-refractivity contribution in [2.75, 3.05) is 53.6 Å². The predicted molar refractivity (Wildman–Crippen MR) is 150 cm³/mol. The number of benzene rings is 1. The number of likely N-dealkylation sites (tertiary alicyclic amines) is 1. The minimum absolute atomic E-state index is 0.0717. The summed E-state index contributed by atoms with van der Waals surface area (Å²) in [6.07, 6.45) is 3.72. The monoisotopic (exact) mass is 638 g/mol. The van der Waals surface area contributed by atoms with Crippen LogP contribution in [-0.2, 0) is 9.47 Å². The van der Waals surface area contributed by atoms with Gasteiger partial charge >= 0.3 is 12.1 Å². The highest BCUT2D eigenvalue weighted by Crippen LogP contribution is 2.34. The number of hydrogen-bond donors (Lipinski definition) is 4. The average molecular weight is 639 g/mol. The zero-order valence-corrected chi connectivity index (χ0v) is 24.1. The quantitative estimate of drug-likeness (QED) is 0.140. The summed E-state index contributed by atoms with van der Waals surface area (Å²) in [5, 5.41) is 18.7. The van der Waals surface area contributed by atoms with Crippen molar-refractivity contribution in [2.45, 2.75) is 48.2 Å². The van der Waals surface area contributed by atoms with Crippen LogP contribution in [0.3, 0.4) is 0 Å². The van der Waals surface area contributed by atoms with Gasteiger partial charge in [0.1, 0.15) is 0 Å². The molecule has 1 aromatic carbocycles. The Kier molecular flexibility index (Phi) is 14.8. The van der Waals surface area contributed by atoms with Gasteiger partial charge in [0.2, 0.25) is 0 Å². The molecule has 1 aliphatic heterocycles. The van der Waals surface area contributed by atoms with E-state index in [-0.39, 0.29) is 30.7 Å². The number of nitrogens with zero attached hydrogens (tertiary/aromatic N) is 1. The fourth-order valence-electron chi connectivity index (χ4n) is 4.41. The Morgan fingerprint density at radius 2 is 2.14 bits per heavy atom. The van der Waals surface area contributed by atoms with Crippen LogP contribution in [0.5, 0.6) is 0 Å². The summed E-state index contributed by atoms with van der Waals surface area (Å²) in [5.74, 6) is 0.0957. The van der Waals surface area contributed by atoms with E-state index >= 15 is 0 Å². The van der Waals surface area contributed by atoms with Crippen molar-refractivity contribution >= 4 is 46.3 Å². The topological polar surface area (TPSA) is 112 Å². The molecule has 1 aliphatic rings. The zero-order valence-electron chi connectivity index (χ0n) is 21.2. The molecule has 0 radical (unpaired) electrons. The Morgan fingerprint density at radius 1 is 1.33 bits per heavy atom. The van der Waals surface area contributed by atoms with Crippen LogP contribution < -0.4 is 16.0 Å². The van der Waals surface area contributed by atoms with Gasteiger partial charge in [-0.05, 0) is 56.8 Å². The third kappa shape index (κ3) is 11.0. The highest BCUT2D eigenvalue weighted by atomic mass is 127. The minimum atomic E-state index is -0.499. The van der Waals surface area contributed by atoms with Gasteiger partial charge in [0.25, 0.3) is 0 Å². The van der Waals surface area contributed by atoms with E-state index in [9.17, 15) is 9.59 Å². The molecule has 3 amide bonds. The van der Waals surface area contributed by atoms with Crippen molar-refractivity contribution in [3.63, 3.8) is 0 Å². The molecule has 1 aromatic rings. The first-order valence-corrected chi connectivity index (χ1v) is 14.1. The molecule has 0 unspecified atom stereocenters. The number of hydrogen-bond acceptors (Lipinski definition) is 6. The fraction of sp³-hybridized carbons (Fsp3) is 0.680. The lowest BCUT2D eigenvalue weighted by atomic mass is 9.88. The maximum atomic E-state index is 13.0. The van der Waals surface area contributed by atoms with Crippen LogP contribution in [-0.4, -0.2) is 85.6 Å². The lowest BCUT2D eigenvalue weighted by Crippen LogP contribution is -2.50. The summed E-state index contributed by atoms with van der Waals surface area (Å²) in [6.45, 7) is 2.66. The molecule has 0 aromatic heterocycles. The fourth-order valence-corrected chi connectivity index (χ4v) is 5.66. The number of likely N-dealkylation sites (N-methyl/N-ethyl adjacent to an activating group) is 1. The second kappa shape index (κ2) is 17.2. The van der Waals surface area contributed by atoms with Gasteiger partial charge < -0.3 is 35.4 Å². The van der Waals surface area contributed by atoms with E-state index in [0.29, 0.717) is 41.7 Å². The van der Waals surface area contributed by atoms with Crippen LogP contribution in [0.4, 0.5) is 9.59 Å². The number of carbonyl (C=O) groups excluding carboxylic acids is 2. The maximum Gasteiger partial charge on any atom is 0.406 e. The first kappa shape index (κ1) is 30.9. The van der Waals surface area contributed by atoms with Gasteiger partial charge in [0.05, 0.1) is 19.8 Å². The second-order valence-corrected chi connectivity index (χ2v) is 11.2. The number of ether oxygens (including phenoxy) is 2. The third-order valence-corrected chi connectivity index (χ3v) is 7.69. The summed E-state index contributed by atoms with van der Waals surface area (Å²) in [6, 6.07) is 7.69. The summed E-state index contributed by atoms with van der Waals surface area (Å²) >= 11 is 8.67. The van der Waals surface area contributed by atoms with Crippen molar-refractivity contribution in [3.05, 3.63) is 34.9 Å². The van der Waals surface area contributed by atoms with Gasteiger partial charge in [-0.25, -0.2) is 9.59 Å². The first-order valence-electron chi connectivity index (χ1n) is 12.5. The highest BCUT2D eigenvalue weighted by Gasteiger charge is 2.31. The molecule has 0 aliphatic carbocycles. The molecule has 4 atom stereocenters. The lowest BCUT2D eigenvalue weighted by Gasteiger charge is -2.37. The first-order chi connectivity index (χ1) is 17.4. The van der Waals surface area contributed by atoms with Gasteiger partial charge in [-0.15, -0.1) is 0 Å². The van der Waals surface area contributed by atoms with Crippen LogP contribution in [0.1, 0.15) is 43.8 Å². The number of piperidine rings is 1. The molecule has 0 saturated carbocycles. The van der Waals surface area contributed by atoms with E-state index in [4.69, 9.17) is 21.4 Å². The normalized spacial score (nSPS) is 18.2. The molecule has 1 heterocycles. The average Bonchev–Trinajstić information content (AvgIpc) is 2.89. The van der Waals surface area contributed by atoms with Gasteiger partial charge in [-0.3, -0.25) is 0 Å². The Balaban J connectivity index is 1.96. The molecule has 9 nitrogen and oxygen atoms in total. The molecular formula is C25H40ClIN4O5. The summed E-state index contributed by atoms with van der Waals surface area (Å²) in [7, 11) is 3.23. The number of urea groups is 1. The van der Waals surface area contributed by atoms with Crippen LogP contribution in [0.2, 0.25) is 5.02 Å². The Bertz CT molecular complexity index is 805. The van der Waals surface area contributed by atoms with E-state index in [1.807, 2.05) is 36.2 Å². The molecule has 2 rings (SSSR count). The van der Waals surface area contributed by atoms with E-state index in [2.05, 4.69) is 43.3 Å². The number of alkyl halides is 1. The molecule has 1 saturated heterocycles. The molecule has 36 heavy (non-hydrogen) atoms. The second-order valence-electron chi connectivity index (χ2n) is 8.98. The Morgan fingerprint density at radius 3 is 2.83 bits per heavy atom. The number of carbonyl (C=O) groups is 2. The van der Waals surface area contributed by atoms with Gasteiger partial charge in [-0.1, -0.05) is 46.3 Å². The molecule has 204 valence electrons. The number of aliphatic hydroxyl groups excluding tert-OH is 1. The largest absolute Gasteiger partial charge is 0.453 e. The van der Waals surface area contributed by atoms with E-state index < -0.39 is 6.09 Å². The molecule has 0 bridgehead atoms. The number of alkyl carbamates (subject to hydrolysis) is 1.